The van der Waals surface area contributed by atoms with Crippen LogP contribution in [0.15, 0.2) is 0 Å². The van der Waals surface area contributed by atoms with Gasteiger partial charge in [0, 0.05) is 7.11 Å². The number of alkyl halides is 1. The third-order valence-corrected chi connectivity index (χ3v) is 2.95. The summed E-state index contributed by atoms with van der Waals surface area (Å²) in [5, 5.41) is 0. The molecule has 0 N–H and O–H groups in total. The van der Waals surface area contributed by atoms with E-state index in [-0.39, 0.29) is 12.0 Å². The number of methoxy groups -OCH3 is 1. The van der Waals surface area contributed by atoms with E-state index in [9.17, 15) is 4.39 Å². The molecule has 0 heterocycles. The van der Waals surface area contributed by atoms with Crippen LogP contribution in [0.25, 0.3) is 0 Å². The fraction of sp³-hybridized carbons (Fsp3) is 1.00. The van der Waals surface area contributed by atoms with Crippen molar-refractivity contribution in [2.45, 2.75) is 52.6 Å². The highest BCUT2D eigenvalue weighted by atomic mass is 19.1. The summed E-state index contributed by atoms with van der Waals surface area (Å²) >= 11 is 0. The van der Waals surface area contributed by atoms with E-state index < -0.39 is 5.67 Å². The van der Waals surface area contributed by atoms with Gasteiger partial charge in [-0.1, -0.05) is 33.6 Å². The molecule has 0 saturated carbocycles. The second-order valence-electron chi connectivity index (χ2n) is 4.54. The molecular weight excluding hydrogens is 167 g/mol. The van der Waals surface area contributed by atoms with Gasteiger partial charge < -0.3 is 4.74 Å². The Hall–Kier alpha value is -0.110. The third-order valence-electron chi connectivity index (χ3n) is 2.95. The number of halogens is 1. The van der Waals surface area contributed by atoms with Crippen LogP contribution < -0.4 is 0 Å². The number of hydrogen-bond donors (Lipinski definition) is 0. The molecule has 0 aliphatic carbocycles. The summed E-state index contributed by atoms with van der Waals surface area (Å²) in [6, 6.07) is 0. The quantitative estimate of drug-likeness (QED) is 0.622. The van der Waals surface area contributed by atoms with Crippen LogP contribution in [0, 0.1) is 5.41 Å². The van der Waals surface area contributed by atoms with Crippen LogP contribution in [0.2, 0.25) is 0 Å². The van der Waals surface area contributed by atoms with Gasteiger partial charge in [0.2, 0.25) is 0 Å². The maximum atomic E-state index is 13.8. The predicted molar refractivity (Wildman–Crippen MR) is 54.7 cm³/mol. The summed E-state index contributed by atoms with van der Waals surface area (Å²) in [5.74, 6) is 0. The second kappa shape index (κ2) is 4.94. The Bertz CT molecular complexity index is 139. The van der Waals surface area contributed by atoms with Gasteiger partial charge in [-0.15, -0.1) is 0 Å². The molecule has 13 heavy (non-hydrogen) atoms. The minimum Gasteiger partial charge on any atom is -0.381 e. The van der Waals surface area contributed by atoms with Crippen molar-refractivity contribution < 1.29 is 9.13 Å². The van der Waals surface area contributed by atoms with Crippen LogP contribution in [0.1, 0.15) is 47.0 Å². The van der Waals surface area contributed by atoms with Crippen LogP contribution in [0.3, 0.4) is 0 Å². The van der Waals surface area contributed by atoms with Crippen molar-refractivity contribution in [1.82, 2.24) is 0 Å². The van der Waals surface area contributed by atoms with E-state index in [1.54, 1.807) is 14.0 Å². The van der Waals surface area contributed by atoms with Crippen molar-refractivity contribution in [3.05, 3.63) is 0 Å². The molecule has 0 spiro atoms. The van der Waals surface area contributed by atoms with E-state index in [1.807, 2.05) is 0 Å². The lowest BCUT2D eigenvalue weighted by Crippen LogP contribution is -2.32. The zero-order valence-electron chi connectivity index (χ0n) is 9.61. The number of hydrogen-bond acceptors (Lipinski definition) is 1. The van der Waals surface area contributed by atoms with E-state index in [0.717, 1.165) is 12.8 Å². The smallest absolute Gasteiger partial charge is 0.131 e. The Labute approximate surface area is 81.7 Å². The average molecular weight is 190 g/mol. The highest BCUT2D eigenvalue weighted by Gasteiger charge is 2.33. The molecule has 0 radical (unpaired) electrons. The van der Waals surface area contributed by atoms with Gasteiger partial charge in [0.25, 0.3) is 0 Å². The standard InChI is InChI=1S/C11H23FO/c1-6-10(3,7-2)8-11(4,12)9-13-5/h6-9H2,1-5H3/t11-/m0/s1. The largest absolute Gasteiger partial charge is 0.381 e. The molecule has 0 fully saturated rings. The van der Waals surface area contributed by atoms with Crippen molar-refractivity contribution >= 4 is 0 Å². The van der Waals surface area contributed by atoms with Crippen molar-refractivity contribution in [2.24, 2.45) is 5.41 Å². The highest BCUT2D eigenvalue weighted by molar-refractivity contribution is 4.83. The number of ether oxygens (including phenoxy) is 1. The molecule has 0 saturated heterocycles. The van der Waals surface area contributed by atoms with Crippen LogP contribution in [0.5, 0.6) is 0 Å². The van der Waals surface area contributed by atoms with Gasteiger partial charge >= 0.3 is 0 Å². The lowest BCUT2D eigenvalue weighted by atomic mass is 9.76. The minimum absolute atomic E-state index is 0.113. The molecule has 0 aliphatic heterocycles. The molecule has 2 heteroatoms. The molecule has 0 aromatic rings. The molecule has 0 amide bonds. The molecule has 0 aromatic carbocycles. The first-order valence-corrected chi connectivity index (χ1v) is 5.07. The molecule has 0 aromatic heterocycles. The maximum absolute atomic E-state index is 13.8. The van der Waals surface area contributed by atoms with Crippen molar-refractivity contribution in [3.8, 4) is 0 Å². The van der Waals surface area contributed by atoms with Gasteiger partial charge in [-0.25, -0.2) is 4.39 Å². The Morgan fingerprint density at radius 2 is 1.62 bits per heavy atom. The van der Waals surface area contributed by atoms with Gasteiger partial charge in [0.15, 0.2) is 0 Å². The van der Waals surface area contributed by atoms with Crippen LogP contribution in [-0.4, -0.2) is 19.4 Å². The van der Waals surface area contributed by atoms with Gasteiger partial charge in [-0.2, -0.15) is 0 Å². The molecule has 0 aliphatic rings. The third kappa shape index (κ3) is 4.61. The van der Waals surface area contributed by atoms with Crippen LogP contribution in [-0.2, 0) is 4.74 Å². The summed E-state index contributed by atoms with van der Waals surface area (Å²) in [7, 11) is 1.55. The molecule has 0 bridgehead atoms. The van der Waals surface area contributed by atoms with Gasteiger partial charge in [0.1, 0.15) is 5.67 Å². The van der Waals surface area contributed by atoms with Gasteiger partial charge in [-0.3, -0.25) is 0 Å². The SMILES string of the molecule is CCC(C)(CC)C[C@](C)(F)COC. The summed E-state index contributed by atoms with van der Waals surface area (Å²) in [6.07, 6.45) is 2.63. The Morgan fingerprint density at radius 1 is 1.15 bits per heavy atom. The summed E-state index contributed by atoms with van der Waals surface area (Å²) < 4.78 is 18.7. The van der Waals surface area contributed by atoms with E-state index in [0.29, 0.717) is 6.42 Å². The van der Waals surface area contributed by atoms with Gasteiger partial charge in [0.05, 0.1) is 6.61 Å². The fourth-order valence-corrected chi connectivity index (χ4v) is 1.74. The molecule has 0 unspecified atom stereocenters. The van der Waals surface area contributed by atoms with Crippen LogP contribution in [0.4, 0.5) is 4.39 Å². The van der Waals surface area contributed by atoms with Crippen molar-refractivity contribution in [2.75, 3.05) is 13.7 Å². The molecule has 0 rings (SSSR count). The van der Waals surface area contributed by atoms with Crippen molar-refractivity contribution in [3.63, 3.8) is 0 Å². The fourth-order valence-electron chi connectivity index (χ4n) is 1.74. The first-order valence-electron chi connectivity index (χ1n) is 5.07. The highest BCUT2D eigenvalue weighted by Crippen LogP contribution is 2.36. The zero-order valence-corrected chi connectivity index (χ0v) is 9.61. The number of rotatable bonds is 6. The lowest BCUT2D eigenvalue weighted by Gasteiger charge is -2.33. The zero-order chi connectivity index (χ0) is 10.5. The van der Waals surface area contributed by atoms with Crippen molar-refractivity contribution in [1.29, 1.82) is 0 Å². The van der Waals surface area contributed by atoms with Gasteiger partial charge in [-0.05, 0) is 18.8 Å². The topological polar surface area (TPSA) is 9.23 Å². The average Bonchev–Trinajstić information content (AvgIpc) is 2.03. The monoisotopic (exact) mass is 190 g/mol. The summed E-state index contributed by atoms with van der Waals surface area (Å²) in [5.41, 5.74) is -1.07. The molecule has 1 nitrogen and oxygen atoms in total. The Balaban J connectivity index is 4.21. The normalized spacial score (nSPS) is 17.1. The maximum Gasteiger partial charge on any atom is 0.131 e. The van der Waals surface area contributed by atoms with E-state index in [2.05, 4.69) is 20.8 Å². The first-order chi connectivity index (χ1) is 5.89. The summed E-state index contributed by atoms with van der Waals surface area (Å²) in [6.45, 7) is 8.20. The lowest BCUT2D eigenvalue weighted by molar-refractivity contribution is 0.0147. The minimum atomic E-state index is -1.18. The Morgan fingerprint density at radius 3 is 1.92 bits per heavy atom. The Kier molecular flexibility index (Phi) is 4.90. The van der Waals surface area contributed by atoms with Crippen LogP contribution >= 0.6 is 0 Å². The van der Waals surface area contributed by atoms with E-state index in [4.69, 9.17) is 4.74 Å². The molecule has 1 atom stereocenters. The van der Waals surface area contributed by atoms with E-state index in [1.165, 1.54) is 0 Å². The summed E-state index contributed by atoms with van der Waals surface area (Å²) in [4.78, 5) is 0. The predicted octanol–water partition coefficient (Wildman–Crippen LogP) is 3.58. The van der Waals surface area contributed by atoms with E-state index >= 15 is 0 Å². The second-order valence-corrected chi connectivity index (χ2v) is 4.54. The molecule has 80 valence electrons. The molecular formula is C11H23FO. The first kappa shape index (κ1) is 12.9.